The Morgan fingerprint density at radius 3 is 2.80 bits per heavy atom. The van der Waals surface area contributed by atoms with Gasteiger partial charge in [0, 0.05) is 30.9 Å². The summed E-state index contributed by atoms with van der Waals surface area (Å²) in [6.07, 6.45) is 0.883. The highest BCUT2D eigenvalue weighted by atomic mass is 19.1. The smallest absolute Gasteiger partial charge is 0.248 e. The summed E-state index contributed by atoms with van der Waals surface area (Å²) in [5.74, 6) is -0.489. The Morgan fingerprint density at radius 2 is 2.20 bits per heavy atom. The van der Waals surface area contributed by atoms with Crippen molar-refractivity contribution in [3.05, 3.63) is 35.1 Å². The monoisotopic (exact) mass is 282 g/mol. The molecule has 5 heteroatoms. The number of hydrogen-bond donors (Lipinski definition) is 2. The van der Waals surface area contributed by atoms with Crippen LogP contribution in [0.25, 0.3) is 0 Å². The lowest BCUT2D eigenvalue weighted by atomic mass is 10.1. The van der Waals surface area contributed by atoms with Gasteiger partial charge in [0.2, 0.25) is 5.91 Å². The number of primary amides is 1. The molecule has 1 aromatic carbocycles. The van der Waals surface area contributed by atoms with Crippen LogP contribution in [0, 0.1) is 11.7 Å². The van der Waals surface area contributed by atoms with E-state index >= 15 is 0 Å². The number of benzene rings is 1. The molecule has 1 amide bonds. The average molecular weight is 282 g/mol. The summed E-state index contributed by atoms with van der Waals surface area (Å²) >= 11 is 0. The highest BCUT2D eigenvalue weighted by Gasteiger charge is 2.06. The third-order valence-electron chi connectivity index (χ3n) is 2.75. The van der Waals surface area contributed by atoms with E-state index in [1.165, 1.54) is 12.1 Å². The average Bonchev–Trinajstić information content (AvgIpc) is 2.38. The second-order valence-corrected chi connectivity index (χ2v) is 5.17. The maximum absolute atomic E-state index is 13.7. The van der Waals surface area contributed by atoms with Gasteiger partial charge in [-0.25, -0.2) is 4.39 Å². The molecule has 0 aliphatic rings. The Bertz CT molecular complexity index is 436. The quantitative estimate of drug-likeness (QED) is 0.682. The molecule has 0 aliphatic heterocycles. The van der Waals surface area contributed by atoms with Crippen LogP contribution in [0.5, 0.6) is 0 Å². The van der Waals surface area contributed by atoms with Crippen molar-refractivity contribution in [1.29, 1.82) is 0 Å². The van der Waals surface area contributed by atoms with E-state index in [1.54, 1.807) is 6.07 Å². The molecular weight excluding hydrogens is 259 g/mol. The van der Waals surface area contributed by atoms with E-state index in [0.717, 1.165) is 19.6 Å². The normalized spacial score (nSPS) is 11.0. The van der Waals surface area contributed by atoms with Gasteiger partial charge in [-0.3, -0.25) is 4.79 Å². The summed E-state index contributed by atoms with van der Waals surface area (Å²) in [5.41, 5.74) is 5.80. The number of carbonyl (C=O) groups excluding carboxylic acids is 1. The van der Waals surface area contributed by atoms with Gasteiger partial charge in [0.05, 0.1) is 0 Å². The lowest BCUT2D eigenvalue weighted by Crippen LogP contribution is -2.18. The maximum Gasteiger partial charge on any atom is 0.248 e. The van der Waals surface area contributed by atoms with Crippen molar-refractivity contribution >= 4 is 5.91 Å². The van der Waals surface area contributed by atoms with Crippen molar-refractivity contribution in [2.24, 2.45) is 11.7 Å². The van der Waals surface area contributed by atoms with Crippen LogP contribution in [0.15, 0.2) is 18.2 Å². The van der Waals surface area contributed by atoms with Gasteiger partial charge >= 0.3 is 0 Å². The van der Waals surface area contributed by atoms with E-state index in [2.05, 4.69) is 19.2 Å². The molecule has 0 heterocycles. The van der Waals surface area contributed by atoms with E-state index in [9.17, 15) is 9.18 Å². The predicted octanol–water partition coefficient (Wildman–Crippen LogP) is 2.08. The lowest BCUT2D eigenvalue weighted by molar-refractivity contribution is 0.0999. The van der Waals surface area contributed by atoms with Crippen LogP contribution in [-0.2, 0) is 11.3 Å². The molecule has 1 rings (SSSR count). The Morgan fingerprint density at radius 1 is 1.45 bits per heavy atom. The molecule has 0 fully saturated rings. The van der Waals surface area contributed by atoms with Gasteiger partial charge in [0.15, 0.2) is 0 Å². The molecule has 0 saturated heterocycles. The van der Waals surface area contributed by atoms with Crippen LogP contribution in [0.3, 0.4) is 0 Å². The first-order valence-electron chi connectivity index (χ1n) is 6.87. The van der Waals surface area contributed by atoms with Crippen molar-refractivity contribution in [3.8, 4) is 0 Å². The second-order valence-electron chi connectivity index (χ2n) is 5.17. The van der Waals surface area contributed by atoms with Gasteiger partial charge in [-0.05, 0) is 31.0 Å². The largest absolute Gasteiger partial charge is 0.381 e. The zero-order chi connectivity index (χ0) is 15.0. The van der Waals surface area contributed by atoms with Crippen molar-refractivity contribution in [1.82, 2.24) is 5.32 Å². The highest BCUT2D eigenvalue weighted by molar-refractivity contribution is 5.92. The van der Waals surface area contributed by atoms with E-state index in [-0.39, 0.29) is 5.56 Å². The molecule has 0 atom stereocenters. The third-order valence-corrected chi connectivity index (χ3v) is 2.75. The molecule has 112 valence electrons. The number of amides is 1. The van der Waals surface area contributed by atoms with Crippen LogP contribution in [0.2, 0.25) is 0 Å². The van der Waals surface area contributed by atoms with Gasteiger partial charge in [-0.1, -0.05) is 19.9 Å². The molecule has 0 spiro atoms. The maximum atomic E-state index is 13.7. The van der Waals surface area contributed by atoms with Crippen LogP contribution in [-0.4, -0.2) is 25.7 Å². The van der Waals surface area contributed by atoms with Crippen LogP contribution in [0.4, 0.5) is 4.39 Å². The predicted molar refractivity (Wildman–Crippen MR) is 76.9 cm³/mol. The van der Waals surface area contributed by atoms with E-state index in [0.29, 0.717) is 24.6 Å². The standard InChI is InChI=1S/C15H23FN2O2/c1-11(2)10-20-7-3-6-18-9-13-5-4-12(15(17)19)8-14(13)16/h4-5,8,11,18H,3,6-7,9-10H2,1-2H3,(H2,17,19). The van der Waals surface area contributed by atoms with E-state index in [1.807, 2.05) is 0 Å². The highest BCUT2D eigenvalue weighted by Crippen LogP contribution is 2.10. The number of halogens is 1. The molecule has 0 aromatic heterocycles. The number of nitrogens with one attached hydrogen (secondary N) is 1. The number of nitrogens with two attached hydrogens (primary N) is 1. The molecule has 0 aliphatic carbocycles. The van der Waals surface area contributed by atoms with Crippen LogP contribution >= 0.6 is 0 Å². The van der Waals surface area contributed by atoms with Crippen molar-refractivity contribution in [2.75, 3.05) is 19.8 Å². The topological polar surface area (TPSA) is 64.3 Å². The summed E-state index contributed by atoms with van der Waals surface area (Å²) in [4.78, 5) is 10.9. The Kier molecular flexibility index (Phi) is 7.18. The first kappa shape index (κ1) is 16.6. The van der Waals surface area contributed by atoms with Crippen molar-refractivity contribution < 1.29 is 13.9 Å². The van der Waals surface area contributed by atoms with Gasteiger partial charge in [0.25, 0.3) is 0 Å². The van der Waals surface area contributed by atoms with E-state index < -0.39 is 11.7 Å². The molecule has 0 saturated carbocycles. The Hall–Kier alpha value is -1.46. The fourth-order valence-electron chi connectivity index (χ4n) is 1.69. The lowest BCUT2D eigenvalue weighted by Gasteiger charge is -2.08. The van der Waals surface area contributed by atoms with Crippen LogP contribution < -0.4 is 11.1 Å². The summed E-state index contributed by atoms with van der Waals surface area (Å²) in [7, 11) is 0. The number of carbonyl (C=O) groups is 1. The molecule has 1 aromatic rings. The zero-order valence-electron chi connectivity index (χ0n) is 12.1. The summed E-state index contributed by atoms with van der Waals surface area (Å²) in [5, 5.41) is 3.14. The second kappa shape index (κ2) is 8.66. The number of ether oxygens (including phenoxy) is 1. The van der Waals surface area contributed by atoms with Gasteiger partial charge in [0.1, 0.15) is 5.82 Å². The molecule has 0 unspecified atom stereocenters. The van der Waals surface area contributed by atoms with Gasteiger partial charge in [-0.2, -0.15) is 0 Å². The minimum Gasteiger partial charge on any atom is -0.381 e. The molecular formula is C15H23FN2O2. The summed E-state index contributed by atoms with van der Waals surface area (Å²) in [6.45, 7) is 6.87. The van der Waals surface area contributed by atoms with Gasteiger partial charge < -0.3 is 15.8 Å². The first-order chi connectivity index (χ1) is 9.50. The minimum atomic E-state index is -0.620. The molecule has 20 heavy (non-hydrogen) atoms. The van der Waals surface area contributed by atoms with Crippen molar-refractivity contribution in [3.63, 3.8) is 0 Å². The van der Waals surface area contributed by atoms with Gasteiger partial charge in [-0.15, -0.1) is 0 Å². The fraction of sp³-hybridized carbons (Fsp3) is 0.533. The minimum absolute atomic E-state index is 0.188. The molecule has 0 bridgehead atoms. The Labute approximate surface area is 119 Å². The number of rotatable bonds is 9. The summed E-state index contributed by atoms with van der Waals surface area (Å²) < 4.78 is 19.1. The molecule has 3 N–H and O–H groups in total. The van der Waals surface area contributed by atoms with E-state index in [4.69, 9.17) is 10.5 Å². The SMILES string of the molecule is CC(C)COCCCNCc1ccc(C(N)=O)cc1F. The summed E-state index contributed by atoms with van der Waals surface area (Å²) in [6, 6.07) is 4.29. The van der Waals surface area contributed by atoms with Crippen LogP contribution in [0.1, 0.15) is 36.2 Å². The molecule has 4 nitrogen and oxygen atoms in total. The number of hydrogen-bond acceptors (Lipinski definition) is 3. The first-order valence-corrected chi connectivity index (χ1v) is 6.87. The zero-order valence-corrected chi connectivity index (χ0v) is 12.1. The Balaban J connectivity index is 2.24. The third kappa shape index (κ3) is 6.12. The fourth-order valence-corrected chi connectivity index (χ4v) is 1.69. The molecule has 0 radical (unpaired) electrons. The van der Waals surface area contributed by atoms with Crippen molar-refractivity contribution in [2.45, 2.75) is 26.8 Å².